The first-order valence-electron chi connectivity index (χ1n) is 7.06. The van der Waals surface area contributed by atoms with Gasteiger partial charge in [0.15, 0.2) is 11.5 Å². The molecule has 0 unspecified atom stereocenters. The van der Waals surface area contributed by atoms with E-state index in [9.17, 15) is 0 Å². The van der Waals surface area contributed by atoms with E-state index in [-0.39, 0.29) is 6.04 Å². The highest BCUT2D eigenvalue weighted by atomic mass is 35.5. The summed E-state index contributed by atoms with van der Waals surface area (Å²) in [6.45, 7) is 4.63. The lowest BCUT2D eigenvalue weighted by atomic mass is 10.1. The van der Waals surface area contributed by atoms with Crippen LogP contribution in [0.1, 0.15) is 31.9 Å². The predicted molar refractivity (Wildman–Crippen MR) is 86.4 cm³/mol. The number of nitrogens with two attached hydrogens (primary N) is 1. The molecule has 0 aliphatic heterocycles. The van der Waals surface area contributed by atoms with Crippen molar-refractivity contribution in [3.63, 3.8) is 0 Å². The van der Waals surface area contributed by atoms with E-state index in [2.05, 4.69) is 6.92 Å². The Morgan fingerprint density at radius 2 is 1.81 bits per heavy atom. The molecule has 3 nitrogen and oxygen atoms in total. The van der Waals surface area contributed by atoms with Crippen LogP contribution in [-0.4, -0.2) is 6.61 Å². The summed E-state index contributed by atoms with van der Waals surface area (Å²) in [5.41, 5.74) is 6.82. The maximum Gasteiger partial charge on any atom is 0.169 e. The van der Waals surface area contributed by atoms with Gasteiger partial charge in [-0.05, 0) is 43.2 Å². The molecule has 21 heavy (non-hydrogen) atoms. The fourth-order valence-corrected chi connectivity index (χ4v) is 2.09. The first-order valence-corrected chi connectivity index (χ1v) is 7.44. The van der Waals surface area contributed by atoms with Gasteiger partial charge < -0.3 is 15.2 Å². The van der Waals surface area contributed by atoms with E-state index in [0.29, 0.717) is 28.9 Å². The highest BCUT2D eigenvalue weighted by Gasteiger charge is 2.10. The lowest BCUT2D eigenvalue weighted by Crippen LogP contribution is -2.04. The molecular weight excluding hydrogens is 286 g/mol. The lowest BCUT2D eigenvalue weighted by molar-refractivity contribution is 0.302. The summed E-state index contributed by atoms with van der Waals surface area (Å²) in [5, 5.41) is 0.537. The van der Waals surface area contributed by atoms with Gasteiger partial charge in [0, 0.05) is 6.04 Å². The Kier molecular flexibility index (Phi) is 5.48. The van der Waals surface area contributed by atoms with Gasteiger partial charge >= 0.3 is 0 Å². The van der Waals surface area contributed by atoms with Crippen molar-refractivity contribution in [1.82, 2.24) is 0 Å². The van der Waals surface area contributed by atoms with Crippen molar-refractivity contribution in [2.24, 2.45) is 5.73 Å². The SMILES string of the molecule is CCCOc1ccccc1Oc1ccc([C@H](C)N)cc1Cl. The fourth-order valence-electron chi connectivity index (χ4n) is 1.87. The molecule has 0 aromatic heterocycles. The molecule has 1 atom stereocenters. The van der Waals surface area contributed by atoms with Gasteiger partial charge in [0.2, 0.25) is 0 Å². The molecule has 0 amide bonds. The maximum absolute atomic E-state index is 6.26. The van der Waals surface area contributed by atoms with Crippen LogP contribution >= 0.6 is 11.6 Å². The summed E-state index contributed by atoms with van der Waals surface area (Å²) in [4.78, 5) is 0. The summed E-state index contributed by atoms with van der Waals surface area (Å²) in [5.74, 6) is 1.96. The van der Waals surface area contributed by atoms with Crippen molar-refractivity contribution in [3.05, 3.63) is 53.1 Å². The molecule has 0 saturated heterocycles. The molecule has 4 heteroatoms. The van der Waals surface area contributed by atoms with Crippen LogP contribution in [-0.2, 0) is 0 Å². The van der Waals surface area contributed by atoms with Crippen LogP contribution in [0, 0.1) is 0 Å². The minimum atomic E-state index is -0.0586. The van der Waals surface area contributed by atoms with Gasteiger partial charge in [0.05, 0.1) is 11.6 Å². The van der Waals surface area contributed by atoms with Crippen LogP contribution in [0.4, 0.5) is 0 Å². The van der Waals surface area contributed by atoms with E-state index in [1.807, 2.05) is 49.4 Å². The van der Waals surface area contributed by atoms with Crippen molar-refractivity contribution in [2.75, 3.05) is 6.61 Å². The Hall–Kier alpha value is -1.71. The van der Waals surface area contributed by atoms with Gasteiger partial charge in [-0.3, -0.25) is 0 Å². The zero-order valence-corrected chi connectivity index (χ0v) is 13.1. The number of halogens is 1. The van der Waals surface area contributed by atoms with E-state index in [0.717, 1.165) is 12.0 Å². The molecule has 0 bridgehead atoms. The molecule has 2 N–H and O–H groups in total. The van der Waals surface area contributed by atoms with E-state index in [1.165, 1.54) is 0 Å². The largest absolute Gasteiger partial charge is 0.490 e. The summed E-state index contributed by atoms with van der Waals surface area (Å²) < 4.78 is 11.5. The third kappa shape index (κ3) is 4.13. The number of hydrogen-bond acceptors (Lipinski definition) is 3. The van der Waals surface area contributed by atoms with Crippen molar-refractivity contribution >= 4 is 11.6 Å². The zero-order chi connectivity index (χ0) is 15.2. The monoisotopic (exact) mass is 305 g/mol. The van der Waals surface area contributed by atoms with E-state index in [4.69, 9.17) is 26.8 Å². The second kappa shape index (κ2) is 7.34. The van der Waals surface area contributed by atoms with Crippen LogP contribution in [0.25, 0.3) is 0 Å². The Labute approximate surface area is 130 Å². The number of para-hydroxylation sites is 2. The van der Waals surface area contributed by atoms with Crippen LogP contribution in [0.3, 0.4) is 0 Å². The Balaban J connectivity index is 2.22. The predicted octanol–water partition coefficient (Wildman–Crippen LogP) is 4.94. The van der Waals surface area contributed by atoms with E-state index in [1.54, 1.807) is 0 Å². The molecule has 0 saturated carbocycles. The average Bonchev–Trinajstić information content (AvgIpc) is 2.48. The maximum atomic E-state index is 6.26. The Morgan fingerprint density at radius 1 is 1.10 bits per heavy atom. The molecule has 2 aromatic carbocycles. The molecule has 112 valence electrons. The molecule has 0 fully saturated rings. The molecule has 0 radical (unpaired) electrons. The first-order chi connectivity index (χ1) is 10.1. The van der Waals surface area contributed by atoms with Crippen LogP contribution in [0.5, 0.6) is 17.2 Å². The van der Waals surface area contributed by atoms with Gasteiger partial charge in [0.25, 0.3) is 0 Å². The molecule has 2 aromatic rings. The van der Waals surface area contributed by atoms with Gasteiger partial charge in [-0.25, -0.2) is 0 Å². The number of rotatable bonds is 6. The molecule has 2 rings (SSSR count). The zero-order valence-electron chi connectivity index (χ0n) is 12.3. The van der Waals surface area contributed by atoms with Crippen LogP contribution in [0.2, 0.25) is 5.02 Å². The second-order valence-corrected chi connectivity index (χ2v) is 5.28. The normalized spacial score (nSPS) is 12.0. The summed E-state index contributed by atoms with van der Waals surface area (Å²) in [6.07, 6.45) is 0.943. The molecule has 0 heterocycles. The van der Waals surface area contributed by atoms with Gasteiger partial charge in [-0.15, -0.1) is 0 Å². The van der Waals surface area contributed by atoms with Gasteiger partial charge in [-0.2, -0.15) is 0 Å². The average molecular weight is 306 g/mol. The standard InChI is InChI=1S/C17H20ClNO2/c1-3-10-20-16-6-4-5-7-17(16)21-15-9-8-13(12(2)19)11-14(15)18/h4-9,11-12H,3,10,19H2,1-2H3/t12-/m0/s1. The highest BCUT2D eigenvalue weighted by molar-refractivity contribution is 6.32. The molecule has 0 aliphatic rings. The van der Waals surface area contributed by atoms with Crippen molar-refractivity contribution < 1.29 is 9.47 Å². The number of ether oxygens (including phenoxy) is 2. The van der Waals surface area contributed by atoms with Crippen molar-refractivity contribution in [3.8, 4) is 17.2 Å². The lowest BCUT2D eigenvalue weighted by Gasteiger charge is -2.14. The smallest absolute Gasteiger partial charge is 0.169 e. The van der Waals surface area contributed by atoms with Crippen molar-refractivity contribution in [2.45, 2.75) is 26.3 Å². The van der Waals surface area contributed by atoms with Crippen LogP contribution < -0.4 is 15.2 Å². The summed E-state index contributed by atoms with van der Waals surface area (Å²) in [6, 6.07) is 13.1. The minimum absolute atomic E-state index is 0.0586. The summed E-state index contributed by atoms with van der Waals surface area (Å²) >= 11 is 6.26. The van der Waals surface area contributed by atoms with Crippen molar-refractivity contribution in [1.29, 1.82) is 0 Å². The number of benzene rings is 2. The third-order valence-electron chi connectivity index (χ3n) is 3.01. The minimum Gasteiger partial charge on any atom is -0.490 e. The quantitative estimate of drug-likeness (QED) is 0.822. The van der Waals surface area contributed by atoms with E-state index < -0.39 is 0 Å². The fraction of sp³-hybridized carbons (Fsp3) is 0.294. The Bertz CT molecular complexity index is 599. The molecule has 0 spiro atoms. The third-order valence-corrected chi connectivity index (χ3v) is 3.31. The topological polar surface area (TPSA) is 44.5 Å². The molecular formula is C17H20ClNO2. The van der Waals surface area contributed by atoms with Gasteiger partial charge in [0.1, 0.15) is 5.75 Å². The molecule has 0 aliphatic carbocycles. The Morgan fingerprint density at radius 3 is 2.43 bits per heavy atom. The first kappa shape index (κ1) is 15.7. The summed E-state index contributed by atoms with van der Waals surface area (Å²) in [7, 11) is 0. The van der Waals surface area contributed by atoms with Crippen LogP contribution in [0.15, 0.2) is 42.5 Å². The highest BCUT2D eigenvalue weighted by Crippen LogP contribution is 2.35. The van der Waals surface area contributed by atoms with E-state index >= 15 is 0 Å². The second-order valence-electron chi connectivity index (χ2n) is 4.88. The number of hydrogen-bond donors (Lipinski definition) is 1. The van der Waals surface area contributed by atoms with Gasteiger partial charge in [-0.1, -0.05) is 36.7 Å².